The number of unbranched alkanes of at least 4 members (excludes halogenated alkanes) is 2. The summed E-state index contributed by atoms with van der Waals surface area (Å²) in [6, 6.07) is 8.54. The Morgan fingerprint density at radius 1 is 1.31 bits per heavy atom. The van der Waals surface area contributed by atoms with Crippen LogP contribution in [0.2, 0.25) is 0 Å². The van der Waals surface area contributed by atoms with E-state index in [1.54, 1.807) is 7.11 Å². The normalized spacial score (nSPS) is 9.81. The smallest absolute Gasteiger partial charge is 0.122 e. The lowest BCUT2D eigenvalue weighted by Gasteiger charge is -2.09. The van der Waals surface area contributed by atoms with E-state index in [2.05, 4.69) is 25.1 Å². The molecular weight excluding hydrogens is 198 g/mol. The first-order valence-electron chi connectivity index (χ1n) is 5.84. The molecule has 0 amide bonds. The third-order valence-corrected chi connectivity index (χ3v) is 2.74. The van der Waals surface area contributed by atoms with Gasteiger partial charge in [0.1, 0.15) is 5.75 Å². The topological polar surface area (TPSA) is 33.0 Å². The van der Waals surface area contributed by atoms with Crippen molar-refractivity contribution >= 4 is 0 Å². The minimum atomic E-state index is 0.649. The molecule has 0 fully saturated rings. The van der Waals surface area contributed by atoms with Crippen molar-refractivity contribution in [3.63, 3.8) is 0 Å². The van der Waals surface area contributed by atoms with Crippen LogP contribution in [0.15, 0.2) is 18.2 Å². The van der Waals surface area contributed by atoms with E-state index >= 15 is 0 Å². The van der Waals surface area contributed by atoms with Crippen LogP contribution in [0, 0.1) is 11.3 Å². The molecule has 0 aromatic heterocycles. The Kier molecular flexibility index (Phi) is 5.42. The summed E-state index contributed by atoms with van der Waals surface area (Å²) < 4.78 is 5.34. The van der Waals surface area contributed by atoms with Crippen molar-refractivity contribution in [3.05, 3.63) is 29.3 Å². The Morgan fingerprint density at radius 2 is 2.12 bits per heavy atom. The quantitative estimate of drug-likeness (QED) is 0.683. The van der Waals surface area contributed by atoms with Gasteiger partial charge in [0.05, 0.1) is 13.2 Å². The molecule has 0 saturated carbocycles. The van der Waals surface area contributed by atoms with Crippen molar-refractivity contribution in [2.45, 2.75) is 39.0 Å². The first kappa shape index (κ1) is 12.6. The number of methoxy groups -OCH3 is 1. The van der Waals surface area contributed by atoms with Crippen molar-refractivity contribution in [2.75, 3.05) is 7.11 Å². The molecule has 1 rings (SSSR count). The van der Waals surface area contributed by atoms with Crippen LogP contribution < -0.4 is 4.74 Å². The lowest BCUT2D eigenvalue weighted by molar-refractivity contribution is 0.408. The third-order valence-electron chi connectivity index (χ3n) is 2.74. The Balaban J connectivity index is 2.64. The SMILES string of the molecule is CCc1ccc(OC)c(CCCCC#N)c1. The minimum absolute atomic E-state index is 0.649. The number of hydrogen-bond donors (Lipinski definition) is 0. The highest BCUT2D eigenvalue weighted by Gasteiger charge is 2.03. The summed E-state index contributed by atoms with van der Waals surface area (Å²) in [7, 11) is 1.71. The predicted octanol–water partition coefficient (Wildman–Crippen LogP) is 3.49. The highest BCUT2D eigenvalue weighted by molar-refractivity contribution is 5.37. The highest BCUT2D eigenvalue weighted by atomic mass is 16.5. The molecule has 2 nitrogen and oxygen atoms in total. The first-order chi connectivity index (χ1) is 7.81. The minimum Gasteiger partial charge on any atom is -0.496 e. The van der Waals surface area contributed by atoms with Crippen LogP contribution in [0.5, 0.6) is 5.75 Å². The molecule has 0 atom stereocenters. The van der Waals surface area contributed by atoms with Gasteiger partial charge in [0.15, 0.2) is 0 Å². The second-order valence-electron chi connectivity index (χ2n) is 3.86. The molecule has 0 aliphatic carbocycles. The highest BCUT2D eigenvalue weighted by Crippen LogP contribution is 2.22. The van der Waals surface area contributed by atoms with Crippen molar-refractivity contribution < 1.29 is 4.74 Å². The van der Waals surface area contributed by atoms with Gasteiger partial charge in [-0.2, -0.15) is 5.26 Å². The summed E-state index contributed by atoms with van der Waals surface area (Å²) in [5.41, 5.74) is 2.61. The number of aryl methyl sites for hydroxylation is 2. The van der Waals surface area contributed by atoms with E-state index in [1.165, 1.54) is 11.1 Å². The number of nitriles is 1. The second-order valence-corrected chi connectivity index (χ2v) is 3.86. The number of ether oxygens (including phenoxy) is 1. The van der Waals surface area contributed by atoms with Crippen LogP contribution in [0.1, 0.15) is 37.3 Å². The molecule has 1 aromatic carbocycles. The summed E-state index contributed by atoms with van der Waals surface area (Å²) in [6.07, 6.45) is 4.72. The summed E-state index contributed by atoms with van der Waals surface area (Å²) in [6.45, 7) is 2.15. The van der Waals surface area contributed by atoms with E-state index in [0.717, 1.165) is 31.4 Å². The molecule has 16 heavy (non-hydrogen) atoms. The lowest BCUT2D eigenvalue weighted by Crippen LogP contribution is -1.94. The van der Waals surface area contributed by atoms with Crippen LogP contribution in [-0.2, 0) is 12.8 Å². The second kappa shape index (κ2) is 6.90. The summed E-state index contributed by atoms with van der Waals surface area (Å²) in [5, 5.41) is 8.47. The number of nitrogens with zero attached hydrogens (tertiary/aromatic N) is 1. The Labute approximate surface area is 97.9 Å². The summed E-state index contributed by atoms with van der Waals surface area (Å²) in [4.78, 5) is 0. The monoisotopic (exact) mass is 217 g/mol. The molecule has 0 unspecified atom stereocenters. The van der Waals surface area contributed by atoms with Gasteiger partial charge >= 0.3 is 0 Å². The zero-order valence-corrected chi connectivity index (χ0v) is 10.1. The van der Waals surface area contributed by atoms with Crippen LogP contribution in [-0.4, -0.2) is 7.11 Å². The largest absolute Gasteiger partial charge is 0.496 e. The maximum Gasteiger partial charge on any atom is 0.122 e. The fraction of sp³-hybridized carbons (Fsp3) is 0.500. The fourth-order valence-corrected chi connectivity index (χ4v) is 1.77. The van der Waals surface area contributed by atoms with E-state index in [1.807, 2.05) is 6.07 Å². The molecule has 0 heterocycles. The molecule has 0 bridgehead atoms. The van der Waals surface area contributed by atoms with Crippen molar-refractivity contribution in [1.82, 2.24) is 0 Å². The van der Waals surface area contributed by atoms with Gasteiger partial charge in [0.25, 0.3) is 0 Å². The first-order valence-corrected chi connectivity index (χ1v) is 5.84. The molecular formula is C14H19NO. The van der Waals surface area contributed by atoms with Gasteiger partial charge in [0.2, 0.25) is 0 Å². The maximum absolute atomic E-state index is 8.47. The number of rotatable bonds is 6. The fourth-order valence-electron chi connectivity index (χ4n) is 1.77. The number of benzene rings is 1. The van der Waals surface area contributed by atoms with Crippen LogP contribution in [0.4, 0.5) is 0 Å². The van der Waals surface area contributed by atoms with Gasteiger partial charge in [-0.25, -0.2) is 0 Å². The van der Waals surface area contributed by atoms with Crippen molar-refractivity contribution in [1.29, 1.82) is 5.26 Å². The third kappa shape index (κ3) is 3.58. The van der Waals surface area contributed by atoms with Gasteiger partial charge in [-0.15, -0.1) is 0 Å². The molecule has 2 heteroatoms. The van der Waals surface area contributed by atoms with Crippen molar-refractivity contribution in [3.8, 4) is 11.8 Å². The van der Waals surface area contributed by atoms with Crippen molar-refractivity contribution in [2.24, 2.45) is 0 Å². The van der Waals surface area contributed by atoms with E-state index in [-0.39, 0.29) is 0 Å². The van der Waals surface area contributed by atoms with Gasteiger partial charge < -0.3 is 4.74 Å². The van der Waals surface area contributed by atoms with Gasteiger partial charge in [0, 0.05) is 6.42 Å². The molecule has 0 saturated heterocycles. The molecule has 1 aromatic rings. The van der Waals surface area contributed by atoms with E-state index in [9.17, 15) is 0 Å². The summed E-state index contributed by atoms with van der Waals surface area (Å²) >= 11 is 0. The van der Waals surface area contributed by atoms with E-state index in [4.69, 9.17) is 10.00 Å². The average Bonchev–Trinajstić information content (AvgIpc) is 2.34. The molecule has 0 N–H and O–H groups in total. The van der Waals surface area contributed by atoms with E-state index in [0.29, 0.717) is 6.42 Å². The standard InChI is InChI=1S/C14H19NO/c1-3-12-8-9-14(16-2)13(11-12)7-5-4-6-10-15/h8-9,11H,3-7H2,1-2H3. The lowest BCUT2D eigenvalue weighted by atomic mass is 10.0. The van der Waals surface area contributed by atoms with E-state index < -0.39 is 0 Å². The zero-order valence-electron chi connectivity index (χ0n) is 10.1. The molecule has 0 spiro atoms. The van der Waals surface area contributed by atoms with Gasteiger partial charge in [-0.3, -0.25) is 0 Å². The van der Waals surface area contributed by atoms with Gasteiger partial charge in [-0.05, 0) is 42.9 Å². The van der Waals surface area contributed by atoms with Crippen LogP contribution >= 0.6 is 0 Å². The molecule has 0 aliphatic heterocycles. The molecule has 0 radical (unpaired) electrons. The molecule has 0 aliphatic rings. The van der Waals surface area contributed by atoms with Crippen LogP contribution in [0.25, 0.3) is 0 Å². The Morgan fingerprint density at radius 3 is 2.75 bits per heavy atom. The number of hydrogen-bond acceptors (Lipinski definition) is 2. The predicted molar refractivity (Wildman–Crippen MR) is 65.5 cm³/mol. The average molecular weight is 217 g/mol. The Hall–Kier alpha value is -1.49. The molecule has 86 valence electrons. The van der Waals surface area contributed by atoms with Crippen LogP contribution in [0.3, 0.4) is 0 Å². The maximum atomic E-state index is 8.47. The Bertz CT molecular complexity index is 365. The van der Waals surface area contributed by atoms with Gasteiger partial charge in [-0.1, -0.05) is 19.1 Å². The summed E-state index contributed by atoms with van der Waals surface area (Å²) in [5.74, 6) is 0.967. The zero-order chi connectivity index (χ0) is 11.8.